The second-order valence-corrected chi connectivity index (χ2v) is 12.1. The van der Waals surface area contributed by atoms with Crippen LogP contribution in [0.5, 0.6) is 0 Å². The monoisotopic (exact) mass is 466 g/mol. The molecular weight excluding hydrogens is 455 g/mol. The first-order chi connectivity index (χ1) is 12.4. The molecule has 0 spiro atoms. The minimum Gasteiger partial charge on any atom is -0.335 e. The number of fused-ring (bicyclic) bond motifs is 1. The van der Waals surface area contributed by atoms with Crippen molar-refractivity contribution in [3.63, 3.8) is 0 Å². The smallest absolute Gasteiger partial charge is 0.265 e. The number of sulfonamides is 1. The number of piperazine rings is 1. The van der Waals surface area contributed by atoms with Crippen LogP contribution in [0.3, 0.4) is 0 Å². The van der Waals surface area contributed by atoms with E-state index in [1.165, 1.54) is 21.7 Å². The van der Waals surface area contributed by atoms with Crippen molar-refractivity contribution in [1.29, 1.82) is 0 Å². The number of amides is 1. The summed E-state index contributed by atoms with van der Waals surface area (Å²) < 4.78 is 28.4. The van der Waals surface area contributed by atoms with Crippen molar-refractivity contribution in [1.82, 2.24) is 9.21 Å². The first-order valence-electron chi connectivity index (χ1n) is 7.58. The maximum Gasteiger partial charge on any atom is 0.265 e. The molecule has 3 aromatic rings. The maximum atomic E-state index is 12.8. The molecule has 3 aromatic heterocycles. The summed E-state index contributed by atoms with van der Waals surface area (Å²) in [7, 11) is -3.57. The van der Waals surface area contributed by atoms with Gasteiger partial charge in [0.25, 0.3) is 15.9 Å². The van der Waals surface area contributed by atoms with Crippen LogP contribution in [0.2, 0.25) is 9.36 Å². The summed E-state index contributed by atoms with van der Waals surface area (Å²) in [4.78, 5) is 15.0. The molecule has 0 radical (unpaired) electrons. The Morgan fingerprint density at radius 1 is 1.04 bits per heavy atom. The molecule has 1 saturated heterocycles. The fourth-order valence-electron chi connectivity index (χ4n) is 2.77. The van der Waals surface area contributed by atoms with Crippen molar-refractivity contribution < 1.29 is 13.2 Å². The number of hydrogen-bond donors (Lipinski definition) is 0. The van der Waals surface area contributed by atoms with Gasteiger partial charge >= 0.3 is 0 Å². The Morgan fingerprint density at radius 3 is 2.38 bits per heavy atom. The number of nitrogens with zero attached hydrogens (tertiary/aromatic N) is 2. The SMILES string of the molecule is O=C(c1sc2sccc2c1Cl)N1CCN(S(=O)(=O)c2ccc(Cl)s2)CC1. The van der Waals surface area contributed by atoms with E-state index in [2.05, 4.69) is 0 Å². The molecule has 0 saturated carbocycles. The van der Waals surface area contributed by atoms with E-state index >= 15 is 0 Å². The molecule has 26 heavy (non-hydrogen) atoms. The molecule has 138 valence electrons. The van der Waals surface area contributed by atoms with Crippen LogP contribution in [-0.2, 0) is 10.0 Å². The van der Waals surface area contributed by atoms with Crippen molar-refractivity contribution in [3.05, 3.63) is 37.8 Å². The molecule has 0 N–H and O–H groups in total. The van der Waals surface area contributed by atoms with Crippen molar-refractivity contribution in [2.75, 3.05) is 26.2 Å². The Balaban J connectivity index is 1.49. The van der Waals surface area contributed by atoms with E-state index < -0.39 is 10.0 Å². The Labute approximate surface area is 172 Å². The van der Waals surface area contributed by atoms with Crippen LogP contribution in [0.1, 0.15) is 9.67 Å². The molecule has 0 unspecified atom stereocenters. The third kappa shape index (κ3) is 3.19. The second-order valence-electron chi connectivity index (χ2n) is 5.62. The molecule has 5 nitrogen and oxygen atoms in total. The number of halogens is 2. The summed E-state index contributed by atoms with van der Waals surface area (Å²) in [5.74, 6) is -0.139. The quantitative estimate of drug-likeness (QED) is 0.571. The van der Waals surface area contributed by atoms with Crippen LogP contribution in [-0.4, -0.2) is 49.7 Å². The summed E-state index contributed by atoms with van der Waals surface area (Å²) in [5, 5.41) is 3.34. The highest BCUT2D eigenvalue weighted by Gasteiger charge is 2.32. The molecule has 0 bridgehead atoms. The predicted molar refractivity (Wildman–Crippen MR) is 109 cm³/mol. The van der Waals surface area contributed by atoms with E-state index in [9.17, 15) is 13.2 Å². The van der Waals surface area contributed by atoms with Gasteiger partial charge in [-0.25, -0.2) is 8.42 Å². The Morgan fingerprint density at radius 2 is 1.77 bits per heavy atom. The lowest BCUT2D eigenvalue weighted by atomic mass is 10.3. The minimum atomic E-state index is -3.57. The van der Waals surface area contributed by atoms with Crippen molar-refractivity contribution >= 4 is 82.5 Å². The van der Waals surface area contributed by atoms with Gasteiger partial charge in [0.05, 0.1) is 13.4 Å². The molecular formula is C15H12Cl2N2O3S4. The molecule has 1 aliphatic rings. The lowest BCUT2D eigenvalue weighted by molar-refractivity contribution is 0.0703. The van der Waals surface area contributed by atoms with Gasteiger partial charge in [0.1, 0.15) is 9.09 Å². The third-order valence-electron chi connectivity index (χ3n) is 4.12. The first-order valence-corrected chi connectivity index (χ1v) is 12.3. The van der Waals surface area contributed by atoms with Gasteiger partial charge in [-0.3, -0.25) is 4.79 Å². The largest absolute Gasteiger partial charge is 0.335 e. The van der Waals surface area contributed by atoms with Gasteiger partial charge in [-0.1, -0.05) is 23.2 Å². The number of hydrogen-bond acceptors (Lipinski definition) is 6. The number of carbonyl (C=O) groups is 1. The Hall–Kier alpha value is -0.680. The van der Waals surface area contributed by atoms with Crippen LogP contribution < -0.4 is 0 Å². The van der Waals surface area contributed by atoms with Crippen LogP contribution >= 0.6 is 57.2 Å². The topological polar surface area (TPSA) is 57.7 Å². The van der Waals surface area contributed by atoms with Crippen LogP contribution in [0.4, 0.5) is 0 Å². The normalized spacial score (nSPS) is 16.5. The molecule has 4 rings (SSSR count). The summed E-state index contributed by atoms with van der Waals surface area (Å²) in [6.07, 6.45) is 0. The predicted octanol–water partition coefficient (Wildman–Crippen LogP) is 4.48. The number of thiophene rings is 3. The summed E-state index contributed by atoms with van der Waals surface area (Å²) in [5.41, 5.74) is 0. The molecule has 0 atom stereocenters. The van der Waals surface area contributed by atoms with Crippen LogP contribution in [0.15, 0.2) is 27.8 Å². The van der Waals surface area contributed by atoms with Crippen molar-refractivity contribution in [2.24, 2.45) is 0 Å². The van der Waals surface area contributed by atoms with Gasteiger partial charge < -0.3 is 4.90 Å². The lowest BCUT2D eigenvalue weighted by Crippen LogP contribution is -2.50. The summed E-state index contributed by atoms with van der Waals surface area (Å²) >= 11 is 16.2. The van der Waals surface area contributed by atoms with E-state index in [-0.39, 0.29) is 23.2 Å². The van der Waals surface area contributed by atoms with E-state index in [0.29, 0.717) is 27.3 Å². The van der Waals surface area contributed by atoms with Crippen LogP contribution in [0, 0.1) is 0 Å². The van der Waals surface area contributed by atoms with Crippen molar-refractivity contribution in [2.45, 2.75) is 4.21 Å². The zero-order valence-electron chi connectivity index (χ0n) is 13.1. The van der Waals surface area contributed by atoms with E-state index in [4.69, 9.17) is 23.2 Å². The number of carbonyl (C=O) groups excluding carboxylic acids is 1. The standard InChI is InChI=1S/C15H12Cl2N2O3S4/c16-10-1-2-11(24-10)26(21,22)19-6-4-18(5-7-19)14(20)13-12(17)9-3-8-23-15(9)25-13/h1-3,8H,4-7H2. The molecule has 0 aromatic carbocycles. The van der Waals surface area contributed by atoms with Gasteiger partial charge in [-0.15, -0.1) is 34.0 Å². The summed E-state index contributed by atoms with van der Waals surface area (Å²) in [6, 6.07) is 4.99. The molecule has 1 amide bonds. The second kappa shape index (κ2) is 7.05. The number of rotatable bonds is 3. The minimum absolute atomic E-state index is 0.139. The average Bonchev–Trinajstić information content (AvgIpc) is 3.33. The van der Waals surface area contributed by atoms with Gasteiger partial charge in [0.2, 0.25) is 0 Å². The fraction of sp³-hybridized carbons (Fsp3) is 0.267. The zero-order valence-corrected chi connectivity index (χ0v) is 17.9. The molecule has 11 heteroatoms. The van der Waals surface area contributed by atoms with E-state index in [1.54, 1.807) is 22.3 Å². The molecule has 4 heterocycles. The maximum absolute atomic E-state index is 12.8. The third-order valence-corrected chi connectivity index (χ3v) is 10.5. The van der Waals surface area contributed by atoms with E-state index in [0.717, 1.165) is 20.7 Å². The Bertz CT molecular complexity index is 1080. The molecule has 0 aliphatic carbocycles. The fourth-order valence-corrected chi connectivity index (χ4v) is 8.41. The van der Waals surface area contributed by atoms with Gasteiger partial charge in [-0.2, -0.15) is 4.31 Å². The van der Waals surface area contributed by atoms with E-state index in [1.807, 2.05) is 11.4 Å². The lowest BCUT2D eigenvalue weighted by Gasteiger charge is -2.33. The highest BCUT2D eigenvalue weighted by atomic mass is 35.5. The van der Waals surface area contributed by atoms with Crippen molar-refractivity contribution in [3.8, 4) is 0 Å². The zero-order chi connectivity index (χ0) is 18.5. The van der Waals surface area contributed by atoms with Gasteiger partial charge in [-0.05, 0) is 23.6 Å². The average molecular weight is 467 g/mol. The highest BCUT2D eigenvalue weighted by Crippen LogP contribution is 2.39. The highest BCUT2D eigenvalue weighted by molar-refractivity contribution is 7.91. The molecule has 1 fully saturated rings. The Kier molecular flexibility index (Phi) is 5.06. The van der Waals surface area contributed by atoms with Gasteiger partial charge in [0.15, 0.2) is 0 Å². The van der Waals surface area contributed by atoms with Gasteiger partial charge in [0, 0.05) is 31.6 Å². The molecule has 1 aliphatic heterocycles. The first kappa shape index (κ1) is 18.7. The van der Waals surface area contributed by atoms with Crippen LogP contribution in [0.25, 0.3) is 9.40 Å². The summed E-state index contributed by atoms with van der Waals surface area (Å²) in [6.45, 7) is 1.17.